The Kier molecular flexibility index (Phi) is 9.93. The first-order valence-electron chi connectivity index (χ1n) is 8.36. The van der Waals surface area contributed by atoms with Gasteiger partial charge in [-0.3, -0.25) is 9.36 Å². The number of benzene rings is 1. The molecule has 0 saturated heterocycles. The first kappa shape index (κ1) is 26.6. The van der Waals surface area contributed by atoms with Crippen molar-refractivity contribution >= 4 is 35.7 Å². The van der Waals surface area contributed by atoms with Gasteiger partial charge in [0.1, 0.15) is 12.4 Å². The average molecular weight is 444 g/mol. The lowest BCUT2D eigenvalue weighted by atomic mass is 9.96. The Balaban J connectivity index is 0.00000364. The van der Waals surface area contributed by atoms with E-state index in [1.807, 2.05) is 20.8 Å². The van der Waals surface area contributed by atoms with Crippen LogP contribution < -0.4 is 10.9 Å². The molecule has 0 aliphatic heterocycles. The van der Waals surface area contributed by atoms with E-state index in [0.29, 0.717) is 25.5 Å². The normalized spacial score (nSPS) is 11.8. The lowest BCUT2D eigenvalue weighted by Gasteiger charge is -2.22. The molecule has 5 nitrogen and oxygen atoms in total. The zero-order valence-corrected chi connectivity index (χ0v) is 17.9. The van der Waals surface area contributed by atoms with Crippen LogP contribution in [-0.4, -0.2) is 29.8 Å². The standard InChI is InChI=1S/C18H24F3N3O2.2ClH/c1-17(2,3)11-24-15(10-26-8-7-22-4)23-14-6-5-12(18(19,20)21)9-13(14)16(24)25;;/h5-6,9,22H,7-8,10-11H2,1-4H3;2*1H. The predicted molar refractivity (Wildman–Crippen MR) is 109 cm³/mol. The van der Waals surface area contributed by atoms with Gasteiger partial charge in [0.25, 0.3) is 5.56 Å². The molecule has 0 saturated carbocycles. The van der Waals surface area contributed by atoms with E-state index in [2.05, 4.69) is 10.3 Å². The quantitative estimate of drug-likeness (QED) is 0.684. The van der Waals surface area contributed by atoms with E-state index in [1.165, 1.54) is 10.6 Å². The Morgan fingerprint density at radius 3 is 2.36 bits per heavy atom. The lowest BCUT2D eigenvalue weighted by Crippen LogP contribution is -2.31. The second kappa shape index (κ2) is 10.4. The second-order valence-corrected chi connectivity index (χ2v) is 7.37. The summed E-state index contributed by atoms with van der Waals surface area (Å²) in [6.07, 6.45) is -4.51. The molecular weight excluding hydrogens is 418 g/mol. The number of likely N-dealkylation sites (N-methyl/N-ethyl adjacent to an activating group) is 1. The van der Waals surface area contributed by atoms with Gasteiger partial charge in [-0.1, -0.05) is 20.8 Å². The minimum Gasteiger partial charge on any atom is -0.372 e. The summed E-state index contributed by atoms with van der Waals surface area (Å²) in [5.74, 6) is 0.410. The van der Waals surface area contributed by atoms with Crippen LogP contribution in [0.5, 0.6) is 0 Å². The van der Waals surface area contributed by atoms with Gasteiger partial charge in [-0.15, -0.1) is 24.8 Å². The SMILES string of the molecule is CNCCOCc1nc2ccc(C(F)(F)F)cc2c(=O)n1CC(C)(C)C.Cl.Cl. The molecule has 2 rings (SSSR count). The number of hydrogen-bond acceptors (Lipinski definition) is 4. The fourth-order valence-electron chi connectivity index (χ4n) is 2.53. The van der Waals surface area contributed by atoms with Crippen LogP contribution in [-0.2, 0) is 24.1 Å². The molecule has 0 unspecified atom stereocenters. The highest BCUT2D eigenvalue weighted by Crippen LogP contribution is 2.30. The molecule has 2 aromatic rings. The topological polar surface area (TPSA) is 56.1 Å². The highest BCUT2D eigenvalue weighted by atomic mass is 35.5. The van der Waals surface area contributed by atoms with Crippen molar-refractivity contribution in [2.24, 2.45) is 5.41 Å². The molecule has 0 aliphatic carbocycles. The Labute approximate surface area is 174 Å². The van der Waals surface area contributed by atoms with Crippen LogP contribution in [0.15, 0.2) is 23.0 Å². The van der Waals surface area contributed by atoms with Crippen molar-refractivity contribution in [3.05, 3.63) is 39.9 Å². The van der Waals surface area contributed by atoms with Crippen LogP contribution in [0, 0.1) is 5.41 Å². The largest absolute Gasteiger partial charge is 0.416 e. The molecule has 10 heteroatoms. The zero-order chi connectivity index (χ0) is 19.5. The first-order chi connectivity index (χ1) is 12.0. The van der Waals surface area contributed by atoms with E-state index in [0.717, 1.165) is 12.1 Å². The van der Waals surface area contributed by atoms with Crippen molar-refractivity contribution in [1.82, 2.24) is 14.9 Å². The van der Waals surface area contributed by atoms with Crippen LogP contribution in [0.2, 0.25) is 0 Å². The minimum atomic E-state index is -4.51. The summed E-state index contributed by atoms with van der Waals surface area (Å²) in [5, 5.41) is 2.91. The maximum atomic E-state index is 13.0. The van der Waals surface area contributed by atoms with Crippen molar-refractivity contribution in [2.45, 2.75) is 40.1 Å². The predicted octanol–water partition coefficient (Wildman–Crippen LogP) is 4.04. The van der Waals surface area contributed by atoms with E-state index >= 15 is 0 Å². The number of rotatable bonds is 6. The van der Waals surface area contributed by atoms with Crippen molar-refractivity contribution < 1.29 is 17.9 Å². The van der Waals surface area contributed by atoms with E-state index < -0.39 is 17.3 Å². The van der Waals surface area contributed by atoms with Gasteiger partial charge in [-0.05, 0) is 30.7 Å². The summed E-state index contributed by atoms with van der Waals surface area (Å²) in [5.41, 5.74) is -1.35. The lowest BCUT2D eigenvalue weighted by molar-refractivity contribution is -0.137. The smallest absolute Gasteiger partial charge is 0.372 e. The molecule has 0 atom stereocenters. The number of nitrogens with zero attached hydrogens (tertiary/aromatic N) is 2. The molecule has 0 spiro atoms. The average Bonchev–Trinajstić information content (AvgIpc) is 2.52. The van der Waals surface area contributed by atoms with Crippen LogP contribution >= 0.6 is 24.8 Å². The molecule has 1 aromatic heterocycles. The first-order valence-corrected chi connectivity index (χ1v) is 8.36. The summed E-state index contributed by atoms with van der Waals surface area (Å²) in [7, 11) is 1.80. The summed E-state index contributed by atoms with van der Waals surface area (Å²) in [6, 6.07) is 3.04. The number of alkyl halides is 3. The van der Waals surface area contributed by atoms with Crippen LogP contribution in [0.3, 0.4) is 0 Å². The summed E-state index contributed by atoms with van der Waals surface area (Å²) < 4.78 is 45.9. The Hall–Kier alpha value is -1.35. The van der Waals surface area contributed by atoms with Crippen molar-refractivity contribution in [3.63, 3.8) is 0 Å². The van der Waals surface area contributed by atoms with Crippen molar-refractivity contribution in [2.75, 3.05) is 20.2 Å². The fourth-order valence-corrected chi connectivity index (χ4v) is 2.53. The fraction of sp³-hybridized carbons (Fsp3) is 0.556. The molecule has 1 aromatic carbocycles. The van der Waals surface area contributed by atoms with Crippen LogP contribution in [0.25, 0.3) is 10.9 Å². The Morgan fingerprint density at radius 2 is 1.82 bits per heavy atom. The zero-order valence-electron chi connectivity index (χ0n) is 16.2. The van der Waals surface area contributed by atoms with Gasteiger partial charge in [0.2, 0.25) is 0 Å². The summed E-state index contributed by atoms with van der Waals surface area (Å²) in [6.45, 7) is 7.36. The molecule has 1 heterocycles. The summed E-state index contributed by atoms with van der Waals surface area (Å²) >= 11 is 0. The van der Waals surface area contributed by atoms with Gasteiger partial charge in [0, 0.05) is 13.1 Å². The number of aromatic nitrogens is 2. The molecule has 0 bridgehead atoms. The van der Waals surface area contributed by atoms with Crippen molar-refractivity contribution in [3.8, 4) is 0 Å². The maximum Gasteiger partial charge on any atom is 0.416 e. The van der Waals surface area contributed by atoms with Gasteiger partial charge in [0.05, 0.1) is 23.1 Å². The molecule has 0 aliphatic rings. The molecule has 0 amide bonds. The minimum absolute atomic E-state index is 0. The number of nitrogens with one attached hydrogen (secondary N) is 1. The van der Waals surface area contributed by atoms with E-state index in [1.54, 1.807) is 7.05 Å². The van der Waals surface area contributed by atoms with Crippen molar-refractivity contribution in [1.29, 1.82) is 0 Å². The van der Waals surface area contributed by atoms with Gasteiger partial charge in [0.15, 0.2) is 0 Å². The highest BCUT2D eigenvalue weighted by Gasteiger charge is 2.31. The summed E-state index contributed by atoms with van der Waals surface area (Å²) in [4.78, 5) is 17.3. The number of halogens is 5. The van der Waals surface area contributed by atoms with Crippen LogP contribution in [0.1, 0.15) is 32.2 Å². The maximum absolute atomic E-state index is 13.0. The third-order valence-electron chi connectivity index (χ3n) is 3.72. The molecular formula is C18H26Cl2F3N3O2. The second-order valence-electron chi connectivity index (χ2n) is 7.37. The molecule has 0 fully saturated rings. The Bertz CT molecular complexity index is 834. The number of ether oxygens (including phenoxy) is 1. The van der Waals surface area contributed by atoms with E-state index in [-0.39, 0.29) is 47.7 Å². The molecule has 0 radical (unpaired) electrons. The third-order valence-corrected chi connectivity index (χ3v) is 3.72. The Morgan fingerprint density at radius 1 is 1.18 bits per heavy atom. The third kappa shape index (κ3) is 6.92. The van der Waals surface area contributed by atoms with Crippen LogP contribution in [0.4, 0.5) is 13.2 Å². The van der Waals surface area contributed by atoms with E-state index in [9.17, 15) is 18.0 Å². The van der Waals surface area contributed by atoms with Gasteiger partial charge in [-0.25, -0.2) is 4.98 Å². The number of hydrogen-bond donors (Lipinski definition) is 1. The molecule has 28 heavy (non-hydrogen) atoms. The van der Waals surface area contributed by atoms with Gasteiger partial charge < -0.3 is 10.1 Å². The number of fused-ring (bicyclic) bond motifs is 1. The molecule has 1 N–H and O–H groups in total. The molecule has 160 valence electrons. The highest BCUT2D eigenvalue weighted by molar-refractivity contribution is 5.85. The van der Waals surface area contributed by atoms with E-state index in [4.69, 9.17) is 4.74 Å². The monoisotopic (exact) mass is 443 g/mol. The van der Waals surface area contributed by atoms with Gasteiger partial charge >= 0.3 is 6.18 Å². The van der Waals surface area contributed by atoms with Gasteiger partial charge in [-0.2, -0.15) is 13.2 Å².